The Hall–Kier alpha value is -3.03. The topological polar surface area (TPSA) is 116 Å². The largest absolute Gasteiger partial charge is 0.364 e. The Labute approximate surface area is 162 Å². The molecule has 1 heterocycles. The molecule has 1 aliphatic heterocycles. The fraction of sp³-hybridized carbons (Fsp3) is 0.286. The molecule has 0 saturated carbocycles. The molecule has 0 aliphatic carbocycles. The van der Waals surface area contributed by atoms with Crippen molar-refractivity contribution in [2.75, 3.05) is 5.32 Å². The zero-order valence-corrected chi connectivity index (χ0v) is 15.4. The maximum absolute atomic E-state index is 12.5. The molecule has 1 fully saturated rings. The SMILES string of the molecule is CCC1(c2ccc(NC(=O)c3ccccc3C(O)O)cc2)CCC(=O)NC1=O. The smallest absolute Gasteiger partial charge is 0.256 e. The molecule has 0 radical (unpaired) electrons. The van der Waals surface area contributed by atoms with Gasteiger partial charge in [-0.1, -0.05) is 37.3 Å². The normalized spacial score (nSPS) is 19.4. The quantitative estimate of drug-likeness (QED) is 0.466. The molecule has 1 saturated heterocycles. The van der Waals surface area contributed by atoms with Crippen LogP contribution in [-0.2, 0) is 15.0 Å². The van der Waals surface area contributed by atoms with Crippen molar-refractivity contribution in [3.05, 3.63) is 65.2 Å². The van der Waals surface area contributed by atoms with E-state index >= 15 is 0 Å². The standard InChI is InChI=1S/C21H22N2O5/c1-2-21(12-11-17(24)23-20(21)28)13-7-9-14(10-8-13)22-18(25)15-5-3-4-6-16(15)19(26)27/h3-10,19,26-27H,2,11-12H2,1H3,(H,22,25)(H,23,24,28). The molecule has 3 amide bonds. The summed E-state index contributed by atoms with van der Waals surface area (Å²) in [5, 5.41) is 24.0. The van der Waals surface area contributed by atoms with Crippen molar-refractivity contribution in [2.45, 2.75) is 37.9 Å². The molecule has 4 N–H and O–H groups in total. The van der Waals surface area contributed by atoms with Gasteiger partial charge in [0.1, 0.15) is 0 Å². The highest BCUT2D eigenvalue weighted by molar-refractivity contribution is 6.06. The van der Waals surface area contributed by atoms with Crippen LogP contribution < -0.4 is 10.6 Å². The van der Waals surface area contributed by atoms with Crippen LogP contribution >= 0.6 is 0 Å². The van der Waals surface area contributed by atoms with Crippen molar-refractivity contribution in [1.82, 2.24) is 5.32 Å². The van der Waals surface area contributed by atoms with Crippen LogP contribution in [0.3, 0.4) is 0 Å². The van der Waals surface area contributed by atoms with Crippen LogP contribution in [-0.4, -0.2) is 27.9 Å². The lowest BCUT2D eigenvalue weighted by Crippen LogP contribution is -2.51. The molecule has 7 heteroatoms. The third-order valence-electron chi connectivity index (χ3n) is 5.25. The molecular formula is C21H22N2O5. The van der Waals surface area contributed by atoms with Gasteiger partial charge < -0.3 is 15.5 Å². The second-order valence-corrected chi connectivity index (χ2v) is 6.81. The average Bonchev–Trinajstić information content (AvgIpc) is 2.69. The van der Waals surface area contributed by atoms with Gasteiger partial charge in [0.15, 0.2) is 6.29 Å². The Balaban J connectivity index is 1.81. The minimum atomic E-state index is -1.75. The molecule has 28 heavy (non-hydrogen) atoms. The zero-order valence-electron chi connectivity index (χ0n) is 15.4. The number of piperidine rings is 1. The van der Waals surface area contributed by atoms with Gasteiger partial charge >= 0.3 is 0 Å². The Morgan fingerprint density at radius 2 is 1.82 bits per heavy atom. The van der Waals surface area contributed by atoms with Crippen LogP contribution in [0.2, 0.25) is 0 Å². The number of rotatable bonds is 5. The Bertz CT molecular complexity index is 907. The van der Waals surface area contributed by atoms with Crippen LogP contribution in [0.5, 0.6) is 0 Å². The van der Waals surface area contributed by atoms with E-state index < -0.39 is 17.6 Å². The van der Waals surface area contributed by atoms with Gasteiger partial charge in [0.2, 0.25) is 11.8 Å². The van der Waals surface area contributed by atoms with E-state index in [9.17, 15) is 24.6 Å². The monoisotopic (exact) mass is 382 g/mol. The number of aliphatic hydroxyl groups is 2. The second kappa shape index (κ2) is 7.92. The van der Waals surface area contributed by atoms with Crippen LogP contribution in [0.1, 0.15) is 54.0 Å². The molecule has 2 aromatic rings. The Morgan fingerprint density at radius 1 is 1.14 bits per heavy atom. The van der Waals surface area contributed by atoms with Crippen LogP contribution in [0.25, 0.3) is 0 Å². The van der Waals surface area contributed by atoms with Crippen molar-refractivity contribution in [2.24, 2.45) is 0 Å². The summed E-state index contributed by atoms with van der Waals surface area (Å²) in [5.41, 5.74) is 0.810. The van der Waals surface area contributed by atoms with Crippen LogP contribution in [0.4, 0.5) is 5.69 Å². The average molecular weight is 382 g/mol. The van der Waals surface area contributed by atoms with Crippen molar-refractivity contribution in [3.8, 4) is 0 Å². The van der Waals surface area contributed by atoms with Gasteiger partial charge in [-0.3, -0.25) is 19.7 Å². The molecule has 3 rings (SSSR count). The molecule has 0 aromatic heterocycles. The number of carbonyl (C=O) groups is 3. The van der Waals surface area contributed by atoms with E-state index in [4.69, 9.17) is 0 Å². The number of hydrogen-bond acceptors (Lipinski definition) is 5. The van der Waals surface area contributed by atoms with Gasteiger partial charge in [-0.25, -0.2) is 0 Å². The summed E-state index contributed by atoms with van der Waals surface area (Å²) in [7, 11) is 0. The highest BCUT2D eigenvalue weighted by Gasteiger charge is 2.42. The summed E-state index contributed by atoms with van der Waals surface area (Å²) < 4.78 is 0. The first-order valence-corrected chi connectivity index (χ1v) is 9.08. The predicted molar refractivity (Wildman–Crippen MR) is 102 cm³/mol. The van der Waals surface area contributed by atoms with Crippen molar-refractivity contribution >= 4 is 23.4 Å². The molecule has 0 spiro atoms. The van der Waals surface area contributed by atoms with E-state index in [1.807, 2.05) is 6.92 Å². The predicted octanol–water partition coefficient (Wildman–Crippen LogP) is 2.01. The lowest BCUT2D eigenvalue weighted by atomic mass is 9.72. The van der Waals surface area contributed by atoms with E-state index in [0.717, 1.165) is 5.56 Å². The minimum absolute atomic E-state index is 0.116. The summed E-state index contributed by atoms with van der Waals surface area (Å²) >= 11 is 0. The lowest BCUT2D eigenvalue weighted by Gasteiger charge is -2.35. The van der Waals surface area contributed by atoms with Crippen LogP contribution in [0.15, 0.2) is 48.5 Å². The van der Waals surface area contributed by atoms with E-state index in [0.29, 0.717) is 24.9 Å². The molecule has 7 nitrogen and oxygen atoms in total. The van der Waals surface area contributed by atoms with Crippen LogP contribution in [0, 0.1) is 0 Å². The highest BCUT2D eigenvalue weighted by Crippen LogP contribution is 2.36. The maximum Gasteiger partial charge on any atom is 0.256 e. The molecular weight excluding hydrogens is 360 g/mol. The number of aliphatic hydroxyl groups excluding tert-OH is 1. The summed E-state index contributed by atoms with van der Waals surface area (Å²) in [6.45, 7) is 1.90. The first kappa shape index (κ1) is 19.7. The maximum atomic E-state index is 12.5. The Morgan fingerprint density at radius 3 is 2.43 bits per heavy atom. The van der Waals surface area contributed by atoms with E-state index in [1.54, 1.807) is 36.4 Å². The molecule has 146 valence electrons. The molecule has 2 aromatic carbocycles. The lowest BCUT2D eigenvalue weighted by molar-refractivity contribution is -0.138. The first-order chi connectivity index (χ1) is 13.4. The number of carbonyl (C=O) groups excluding carboxylic acids is 3. The fourth-order valence-electron chi connectivity index (χ4n) is 3.57. The van der Waals surface area contributed by atoms with Crippen molar-refractivity contribution in [3.63, 3.8) is 0 Å². The Kier molecular flexibility index (Phi) is 5.58. The summed E-state index contributed by atoms with van der Waals surface area (Å²) in [5.74, 6) is -1.03. The summed E-state index contributed by atoms with van der Waals surface area (Å²) in [6.07, 6.45) is -0.458. The molecule has 0 bridgehead atoms. The van der Waals surface area contributed by atoms with Gasteiger partial charge in [0.05, 0.1) is 5.41 Å². The number of amides is 3. The third-order valence-corrected chi connectivity index (χ3v) is 5.25. The van der Waals surface area contributed by atoms with E-state index in [-0.39, 0.29) is 22.9 Å². The number of anilines is 1. The van der Waals surface area contributed by atoms with Gasteiger partial charge in [-0.15, -0.1) is 0 Å². The summed E-state index contributed by atoms with van der Waals surface area (Å²) in [4.78, 5) is 36.4. The molecule has 1 atom stereocenters. The van der Waals surface area contributed by atoms with Gasteiger partial charge in [-0.05, 0) is 36.6 Å². The van der Waals surface area contributed by atoms with Crippen molar-refractivity contribution in [1.29, 1.82) is 0 Å². The molecule has 1 unspecified atom stereocenters. The third kappa shape index (κ3) is 3.67. The second-order valence-electron chi connectivity index (χ2n) is 6.81. The minimum Gasteiger partial charge on any atom is -0.364 e. The number of hydrogen-bond donors (Lipinski definition) is 4. The van der Waals surface area contributed by atoms with Gasteiger partial charge in [-0.2, -0.15) is 0 Å². The summed E-state index contributed by atoms with van der Waals surface area (Å²) in [6, 6.07) is 13.1. The van der Waals surface area contributed by atoms with Crippen molar-refractivity contribution < 1.29 is 24.6 Å². The number of nitrogens with one attached hydrogen (secondary N) is 2. The van der Waals surface area contributed by atoms with Gasteiger partial charge in [0.25, 0.3) is 5.91 Å². The van der Waals surface area contributed by atoms with E-state index in [2.05, 4.69) is 10.6 Å². The van der Waals surface area contributed by atoms with E-state index in [1.165, 1.54) is 12.1 Å². The number of benzene rings is 2. The van der Waals surface area contributed by atoms with Gasteiger partial charge in [0, 0.05) is 23.2 Å². The first-order valence-electron chi connectivity index (χ1n) is 9.08. The number of imide groups is 1. The highest BCUT2D eigenvalue weighted by atomic mass is 16.5. The fourth-order valence-corrected chi connectivity index (χ4v) is 3.57. The zero-order chi connectivity index (χ0) is 20.3. The molecule has 1 aliphatic rings.